The van der Waals surface area contributed by atoms with Crippen LogP contribution in [0.5, 0.6) is 0 Å². The second-order valence-corrected chi connectivity index (χ2v) is 6.38. The van der Waals surface area contributed by atoms with Gasteiger partial charge in [0.1, 0.15) is 5.69 Å². The van der Waals surface area contributed by atoms with E-state index in [0.717, 1.165) is 18.4 Å². The molecule has 1 heterocycles. The number of para-hydroxylation sites is 2. The largest absolute Gasteiger partial charge is 0.319 e. The Kier molecular flexibility index (Phi) is 4.31. The van der Waals surface area contributed by atoms with Gasteiger partial charge in [0, 0.05) is 0 Å². The van der Waals surface area contributed by atoms with E-state index in [0.29, 0.717) is 11.0 Å². The van der Waals surface area contributed by atoms with Gasteiger partial charge in [-0.3, -0.25) is 9.59 Å². The first-order chi connectivity index (χ1) is 12.7. The Morgan fingerprint density at radius 2 is 2.04 bits per heavy atom. The van der Waals surface area contributed by atoms with Crippen molar-refractivity contribution in [2.24, 2.45) is 5.10 Å². The van der Waals surface area contributed by atoms with Gasteiger partial charge in [0.15, 0.2) is 0 Å². The summed E-state index contributed by atoms with van der Waals surface area (Å²) in [5.74, 6) is -0.379. The lowest BCUT2D eigenvalue weighted by molar-refractivity contribution is -0.120. The molecule has 1 aromatic heterocycles. The molecule has 4 rings (SSSR count). The third kappa shape index (κ3) is 3.39. The zero-order valence-electron chi connectivity index (χ0n) is 14.2. The molecular formula is C20H18N4O2. The molecule has 2 N–H and O–H groups in total. The van der Waals surface area contributed by atoms with E-state index in [1.807, 2.05) is 18.2 Å². The molecule has 0 atom stereocenters. The predicted octanol–water partition coefficient (Wildman–Crippen LogP) is 2.10. The highest BCUT2D eigenvalue weighted by molar-refractivity contribution is 5.83. The maximum absolute atomic E-state index is 12.1. The van der Waals surface area contributed by atoms with Crippen LogP contribution in [0, 0.1) is 0 Å². The maximum atomic E-state index is 12.1. The van der Waals surface area contributed by atoms with Gasteiger partial charge in [-0.15, -0.1) is 0 Å². The predicted molar refractivity (Wildman–Crippen MR) is 100 cm³/mol. The van der Waals surface area contributed by atoms with E-state index in [1.165, 1.54) is 17.5 Å². The molecule has 0 radical (unpaired) electrons. The smallest absolute Gasteiger partial charge is 0.270 e. The van der Waals surface area contributed by atoms with Gasteiger partial charge in [-0.25, -0.2) is 10.4 Å². The summed E-state index contributed by atoms with van der Waals surface area (Å²) in [5, 5.41) is 3.99. The summed E-state index contributed by atoms with van der Waals surface area (Å²) in [4.78, 5) is 31.1. The minimum absolute atomic E-state index is 0.123. The van der Waals surface area contributed by atoms with Gasteiger partial charge in [0.25, 0.3) is 5.56 Å². The quantitative estimate of drug-likeness (QED) is 0.560. The molecule has 130 valence electrons. The molecule has 0 unspecified atom stereocenters. The van der Waals surface area contributed by atoms with Gasteiger partial charge in [0.05, 0.1) is 23.7 Å². The Morgan fingerprint density at radius 1 is 1.19 bits per heavy atom. The minimum atomic E-state index is -0.379. The van der Waals surface area contributed by atoms with Crippen molar-refractivity contribution in [1.29, 1.82) is 0 Å². The number of aryl methyl sites for hydroxylation is 2. The van der Waals surface area contributed by atoms with Crippen LogP contribution < -0.4 is 11.0 Å². The fourth-order valence-corrected chi connectivity index (χ4v) is 3.23. The second kappa shape index (κ2) is 6.92. The number of hydrogen-bond donors (Lipinski definition) is 2. The molecule has 26 heavy (non-hydrogen) atoms. The van der Waals surface area contributed by atoms with Gasteiger partial charge in [0.2, 0.25) is 5.91 Å². The van der Waals surface area contributed by atoms with Crippen LogP contribution in [-0.4, -0.2) is 22.1 Å². The van der Waals surface area contributed by atoms with Crippen molar-refractivity contribution in [3.8, 4) is 0 Å². The van der Waals surface area contributed by atoms with E-state index >= 15 is 0 Å². The number of hydrazone groups is 1. The average molecular weight is 346 g/mol. The molecule has 1 aliphatic carbocycles. The van der Waals surface area contributed by atoms with Crippen molar-refractivity contribution >= 4 is 23.2 Å². The van der Waals surface area contributed by atoms with Crippen LogP contribution in [0.15, 0.2) is 52.4 Å². The number of fused-ring (bicyclic) bond motifs is 2. The van der Waals surface area contributed by atoms with E-state index in [9.17, 15) is 9.59 Å². The van der Waals surface area contributed by atoms with Crippen LogP contribution in [0.3, 0.4) is 0 Å². The molecule has 0 bridgehead atoms. The van der Waals surface area contributed by atoms with Crippen LogP contribution >= 0.6 is 0 Å². The zero-order chi connectivity index (χ0) is 17.9. The van der Waals surface area contributed by atoms with Crippen molar-refractivity contribution in [2.75, 3.05) is 0 Å². The normalized spacial score (nSPS) is 13.2. The molecule has 0 aliphatic heterocycles. The number of aromatic nitrogens is 2. The lowest BCUT2D eigenvalue weighted by atomic mass is 10.1. The number of H-pyrrole nitrogens is 1. The minimum Gasteiger partial charge on any atom is -0.319 e. The van der Waals surface area contributed by atoms with Gasteiger partial charge in [-0.2, -0.15) is 5.10 Å². The van der Waals surface area contributed by atoms with Gasteiger partial charge in [-0.1, -0.05) is 24.3 Å². The molecular weight excluding hydrogens is 328 g/mol. The second-order valence-electron chi connectivity index (χ2n) is 6.38. The van der Waals surface area contributed by atoms with Gasteiger partial charge in [-0.05, 0) is 54.2 Å². The number of nitrogens with zero attached hydrogens (tertiary/aromatic N) is 2. The fraction of sp³-hybridized carbons (Fsp3) is 0.200. The Morgan fingerprint density at radius 3 is 2.96 bits per heavy atom. The van der Waals surface area contributed by atoms with Crippen LogP contribution in [0.25, 0.3) is 11.0 Å². The number of carbonyl (C=O) groups excluding carboxylic acids is 1. The van der Waals surface area contributed by atoms with Crippen molar-refractivity contribution in [2.45, 2.75) is 25.7 Å². The molecule has 0 fully saturated rings. The standard InChI is InChI=1S/C20H18N4O2/c25-19(11-18-20(26)23-17-7-2-1-6-16(17)22-18)24-21-12-13-8-9-14-4-3-5-15(14)10-13/h1-2,6-10,12H,3-5,11H2,(H,23,26)(H,24,25)/b21-12-. The van der Waals surface area contributed by atoms with E-state index < -0.39 is 0 Å². The summed E-state index contributed by atoms with van der Waals surface area (Å²) in [6.45, 7) is 0. The first-order valence-electron chi connectivity index (χ1n) is 8.61. The Balaban J connectivity index is 1.42. The van der Waals surface area contributed by atoms with E-state index in [-0.39, 0.29) is 23.6 Å². The van der Waals surface area contributed by atoms with Crippen molar-refractivity contribution in [3.05, 3.63) is 75.2 Å². The number of hydrogen-bond acceptors (Lipinski definition) is 4. The summed E-state index contributed by atoms with van der Waals surface area (Å²) in [6.07, 6.45) is 4.92. The highest BCUT2D eigenvalue weighted by Gasteiger charge is 2.11. The number of nitrogens with one attached hydrogen (secondary N) is 2. The van der Waals surface area contributed by atoms with Gasteiger partial charge < -0.3 is 4.98 Å². The third-order valence-corrected chi connectivity index (χ3v) is 4.52. The van der Waals surface area contributed by atoms with Crippen LogP contribution in [0.1, 0.15) is 28.8 Å². The topological polar surface area (TPSA) is 87.2 Å². The summed E-state index contributed by atoms with van der Waals surface area (Å²) < 4.78 is 0. The third-order valence-electron chi connectivity index (χ3n) is 4.52. The first kappa shape index (κ1) is 16.2. The summed E-state index contributed by atoms with van der Waals surface area (Å²) in [5.41, 5.74) is 7.28. The Labute approximate surface area is 150 Å². The number of aromatic amines is 1. The van der Waals surface area contributed by atoms with Crippen molar-refractivity contribution in [3.63, 3.8) is 0 Å². The summed E-state index contributed by atoms with van der Waals surface area (Å²) in [6, 6.07) is 13.4. The van der Waals surface area contributed by atoms with Crippen molar-refractivity contribution in [1.82, 2.24) is 15.4 Å². The molecule has 3 aromatic rings. The lowest BCUT2D eigenvalue weighted by Gasteiger charge is -2.02. The highest BCUT2D eigenvalue weighted by atomic mass is 16.2. The van der Waals surface area contributed by atoms with Crippen LogP contribution in [-0.2, 0) is 24.1 Å². The lowest BCUT2D eigenvalue weighted by Crippen LogP contribution is -2.25. The summed E-state index contributed by atoms with van der Waals surface area (Å²) >= 11 is 0. The maximum Gasteiger partial charge on any atom is 0.270 e. The number of carbonyl (C=O) groups is 1. The molecule has 0 spiro atoms. The van der Waals surface area contributed by atoms with E-state index in [4.69, 9.17) is 0 Å². The number of benzene rings is 2. The molecule has 6 nitrogen and oxygen atoms in total. The number of rotatable bonds is 4. The molecule has 1 amide bonds. The van der Waals surface area contributed by atoms with Crippen LogP contribution in [0.2, 0.25) is 0 Å². The first-order valence-corrected chi connectivity index (χ1v) is 8.61. The Hall–Kier alpha value is -3.28. The molecule has 0 saturated carbocycles. The van der Waals surface area contributed by atoms with Gasteiger partial charge >= 0.3 is 0 Å². The van der Waals surface area contributed by atoms with E-state index in [1.54, 1.807) is 18.3 Å². The fourth-order valence-electron chi connectivity index (χ4n) is 3.23. The van der Waals surface area contributed by atoms with Crippen LogP contribution in [0.4, 0.5) is 0 Å². The van der Waals surface area contributed by atoms with Crippen molar-refractivity contribution < 1.29 is 4.79 Å². The monoisotopic (exact) mass is 346 g/mol. The SMILES string of the molecule is O=C(Cc1nc2ccccc2[nH]c1=O)N/N=C\c1ccc2c(c1)CCC2. The molecule has 6 heteroatoms. The van der Waals surface area contributed by atoms with E-state index in [2.05, 4.69) is 32.6 Å². The zero-order valence-corrected chi connectivity index (χ0v) is 14.2. The molecule has 2 aromatic carbocycles. The highest BCUT2D eigenvalue weighted by Crippen LogP contribution is 2.22. The molecule has 0 saturated heterocycles. The summed E-state index contributed by atoms with van der Waals surface area (Å²) in [7, 11) is 0. The Bertz CT molecular complexity index is 1070. The number of amides is 1. The average Bonchev–Trinajstić information content (AvgIpc) is 3.10. The molecule has 1 aliphatic rings.